The second-order valence-electron chi connectivity index (χ2n) is 4.21. The zero-order chi connectivity index (χ0) is 14.3. The number of nitrogens with zero attached hydrogens (tertiary/aromatic N) is 1. The molecule has 1 aromatic heterocycles. The summed E-state index contributed by atoms with van der Waals surface area (Å²) in [4.78, 5) is 22.3. The summed E-state index contributed by atoms with van der Waals surface area (Å²) >= 11 is 0. The van der Waals surface area contributed by atoms with E-state index in [4.69, 9.17) is 9.84 Å². The molecule has 5 nitrogen and oxygen atoms in total. The van der Waals surface area contributed by atoms with Crippen molar-refractivity contribution in [3.8, 4) is 0 Å². The smallest absolute Gasteiger partial charge is 0.328 e. The Morgan fingerprint density at radius 2 is 2.26 bits per heavy atom. The predicted molar refractivity (Wildman–Crippen MR) is 71.7 cm³/mol. The molecule has 0 aromatic carbocycles. The van der Waals surface area contributed by atoms with Gasteiger partial charge in [-0.2, -0.15) is 0 Å². The van der Waals surface area contributed by atoms with Crippen molar-refractivity contribution >= 4 is 18.0 Å². The number of rotatable bonds is 7. The molecule has 0 saturated carbocycles. The molecule has 1 rings (SSSR count). The molecule has 0 aliphatic heterocycles. The first-order chi connectivity index (χ1) is 9.06. The minimum Gasteiger partial charge on any atom is -0.478 e. The Kier molecular flexibility index (Phi) is 5.85. The van der Waals surface area contributed by atoms with E-state index in [1.54, 1.807) is 29.8 Å². The molecule has 0 bridgehead atoms. The quantitative estimate of drug-likeness (QED) is 0.467. The third-order valence-corrected chi connectivity index (χ3v) is 2.71. The lowest BCUT2D eigenvalue weighted by Crippen LogP contribution is -2.20. The number of carbonyl (C=O) groups excluding carboxylic acids is 1. The monoisotopic (exact) mass is 265 g/mol. The van der Waals surface area contributed by atoms with E-state index in [-0.39, 0.29) is 5.97 Å². The normalized spacial score (nSPS) is 12.5. The summed E-state index contributed by atoms with van der Waals surface area (Å²) in [6.07, 6.45) is 6.04. The predicted octanol–water partition coefficient (Wildman–Crippen LogP) is 2.49. The zero-order valence-corrected chi connectivity index (χ0v) is 11.2. The summed E-state index contributed by atoms with van der Waals surface area (Å²) in [7, 11) is 0. The summed E-state index contributed by atoms with van der Waals surface area (Å²) in [6.45, 7) is 4.17. The van der Waals surface area contributed by atoms with Gasteiger partial charge in [0, 0.05) is 18.0 Å². The molecule has 1 atom stereocenters. The number of aromatic nitrogens is 1. The van der Waals surface area contributed by atoms with Crippen LogP contribution in [0.4, 0.5) is 0 Å². The van der Waals surface area contributed by atoms with E-state index in [0.717, 1.165) is 18.9 Å². The van der Waals surface area contributed by atoms with Crippen molar-refractivity contribution in [2.75, 3.05) is 6.61 Å². The van der Waals surface area contributed by atoms with Crippen molar-refractivity contribution in [3.05, 3.63) is 30.1 Å². The maximum atomic E-state index is 11.8. The standard InChI is InChI=1S/C14H19NO4/c1-3-4-10-19-14(18)11(2)15-9-5-6-12(15)7-8-13(16)17/h5-9,11H,3-4,10H2,1-2H3,(H,16,17)/b8-7+. The second kappa shape index (κ2) is 7.41. The van der Waals surface area contributed by atoms with Crippen LogP contribution in [-0.2, 0) is 14.3 Å². The van der Waals surface area contributed by atoms with Crippen molar-refractivity contribution in [1.29, 1.82) is 0 Å². The Bertz CT molecular complexity index is 462. The van der Waals surface area contributed by atoms with Crippen LogP contribution in [0.5, 0.6) is 0 Å². The number of ether oxygens (including phenoxy) is 1. The maximum absolute atomic E-state index is 11.8. The van der Waals surface area contributed by atoms with Gasteiger partial charge in [-0.3, -0.25) is 0 Å². The van der Waals surface area contributed by atoms with Crippen LogP contribution in [0.1, 0.15) is 38.4 Å². The Hall–Kier alpha value is -2.04. The van der Waals surface area contributed by atoms with Gasteiger partial charge >= 0.3 is 11.9 Å². The number of carbonyl (C=O) groups is 2. The van der Waals surface area contributed by atoms with Gasteiger partial charge in [0.2, 0.25) is 0 Å². The lowest BCUT2D eigenvalue weighted by molar-refractivity contribution is -0.147. The number of aliphatic carboxylic acids is 1. The molecule has 1 heterocycles. The van der Waals surface area contributed by atoms with Crippen LogP contribution in [0.15, 0.2) is 24.4 Å². The van der Waals surface area contributed by atoms with Gasteiger partial charge in [0.25, 0.3) is 0 Å². The molecule has 0 spiro atoms. The van der Waals surface area contributed by atoms with E-state index in [9.17, 15) is 9.59 Å². The van der Waals surface area contributed by atoms with Crippen molar-refractivity contribution < 1.29 is 19.4 Å². The first kappa shape index (κ1) is 15.0. The number of carboxylic acid groups (broad SMARTS) is 1. The number of hydrogen-bond acceptors (Lipinski definition) is 3. The average Bonchev–Trinajstić information content (AvgIpc) is 2.83. The number of hydrogen-bond donors (Lipinski definition) is 1. The molecular formula is C14H19NO4. The number of esters is 1. The summed E-state index contributed by atoms with van der Waals surface area (Å²) in [5.41, 5.74) is 0.655. The fraction of sp³-hybridized carbons (Fsp3) is 0.429. The molecule has 1 N–H and O–H groups in total. The Morgan fingerprint density at radius 3 is 2.89 bits per heavy atom. The molecule has 1 aromatic rings. The van der Waals surface area contributed by atoms with Gasteiger partial charge in [-0.15, -0.1) is 0 Å². The molecule has 0 aliphatic carbocycles. The highest BCUT2D eigenvalue weighted by atomic mass is 16.5. The maximum Gasteiger partial charge on any atom is 0.328 e. The minimum atomic E-state index is -1.02. The highest BCUT2D eigenvalue weighted by Gasteiger charge is 2.17. The van der Waals surface area contributed by atoms with Gasteiger partial charge in [0.05, 0.1) is 6.61 Å². The van der Waals surface area contributed by atoms with E-state index in [1.165, 1.54) is 6.08 Å². The van der Waals surface area contributed by atoms with E-state index >= 15 is 0 Å². The van der Waals surface area contributed by atoms with Gasteiger partial charge in [0.1, 0.15) is 6.04 Å². The topological polar surface area (TPSA) is 68.5 Å². The highest BCUT2D eigenvalue weighted by molar-refractivity contribution is 5.85. The molecule has 5 heteroatoms. The van der Waals surface area contributed by atoms with E-state index in [0.29, 0.717) is 12.3 Å². The molecule has 19 heavy (non-hydrogen) atoms. The van der Waals surface area contributed by atoms with Crippen molar-refractivity contribution in [1.82, 2.24) is 4.57 Å². The fourth-order valence-electron chi connectivity index (χ4n) is 1.61. The van der Waals surface area contributed by atoms with Crippen LogP contribution in [0.2, 0.25) is 0 Å². The zero-order valence-electron chi connectivity index (χ0n) is 11.2. The van der Waals surface area contributed by atoms with Crippen LogP contribution in [0.25, 0.3) is 6.08 Å². The fourth-order valence-corrected chi connectivity index (χ4v) is 1.61. The van der Waals surface area contributed by atoms with Crippen molar-refractivity contribution in [3.63, 3.8) is 0 Å². The second-order valence-corrected chi connectivity index (χ2v) is 4.21. The third-order valence-electron chi connectivity index (χ3n) is 2.71. The number of carboxylic acids is 1. The lowest BCUT2D eigenvalue weighted by Gasteiger charge is -2.15. The molecule has 0 fully saturated rings. The van der Waals surface area contributed by atoms with E-state index in [2.05, 4.69) is 0 Å². The molecule has 1 unspecified atom stereocenters. The van der Waals surface area contributed by atoms with Crippen LogP contribution in [0, 0.1) is 0 Å². The van der Waals surface area contributed by atoms with Gasteiger partial charge in [0.15, 0.2) is 0 Å². The first-order valence-corrected chi connectivity index (χ1v) is 6.30. The third kappa shape index (κ3) is 4.62. The van der Waals surface area contributed by atoms with Gasteiger partial charge in [-0.25, -0.2) is 9.59 Å². The van der Waals surface area contributed by atoms with Crippen LogP contribution in [0.3, 0.4) is 0 Å². The Labute approximate surface area is 112 Å². The SMILES string of the molecule is CCCCOC(=O)C(C)n1cccc1/C=C/C(=O)O. The summed E-state index contributed by atoms with van der Waals surface area (Å²) in [6, 6.07) is 3.03. The molecule has 0 saturated heterocycles. The highest BCUT2D eigenvalue weighted by Crippen LogP contribution is 2.15. The average molecular weight is 265 g/mol. The lowest BCUT2D eigenvalue weighted by atomic mass is 10.3. The Balaban J connectivity index is 2.71. The molecule has 0 radical (unpaired) electrons. The molecule has 0 amide bonds. The van der Waals surface area contributed by atoms with Crippen LogP contribution in [-0.4, -0.2) is 28.2 Å². The summed E-state index contributed by atoms with van der Waals surface area (Å²) in [5, 5.41) is 8.61. The van der Waals surface area contributed by atoms with Crippen LogP contribution < -0.4 is 0 Å². The first-order valence-electron chi connectivity index (χ1n) is 6.30. The summed E-state index contributed by atoms with van der Waals surface area (Å²) < 4.78 is 6.84. The largest absolute Gasteiger partial charge is 0.478 e. The minimum absolute atomic E-state index is 0.311. The van der Waals surface area contributed by atoms with E-state index in [1.807, 2.05) is 6.92 Å². The molecule has 0 aliphatic rings. The van der Waals surface area contributed by atoms with Crippen molar-refractivity contribution in [2.24, 2.45) is 0 Å². The molecule has 104 valence electrons. The van der Waals surface area contributed by atoms with Gasteiger partial charge in [-0.05, 0) is 31.6 Å². The van der Waals surface area contributed by atoms with E-state index < -0.39 is 12.0 Å². The van der Waals surface area contributed by atoms with Gasteiger partial charge < -0.3 is 14.4 Å². The number of unbranched alkanes of at least 4 members (excludes halogenated alkanes) is 1. The Morgan fingerprint density at radius 1 is 1.53 bits per heavy atom. The van der Waals surface area contributed by atoms with Crippen molar-refractivity contribution in [2.45, 2.75) is 32.7 Å². The summed E-state index contributed by atoms with van der Waals surface area (Å²) in [5.74, 6) is -1.33. The van der Waals surface area contributed by atoms with Crippen LogP contribution >= 0.6 is 0 Å². The molecular weight excluding hydrogens is 246 g/mol. The van der Waals surface area contributed by atoms with Gasteiger partial charge in [-0.1, -0.05) is 13.3 Å².